The molecule has 47 heavy (non-hydrogen) atoms. The zero-order valence-corrected chi connectivity index (χ0v) is 29.9. The lowest BCUT2D eigenvalue weighted by molar-refractivity contribution is -0.135. The molecule has 0 saturated carbocycles. The monoisotopic (exact) mass is 771 g/mol. The molecule has 252 valence electrons. The molecule has 0 bridgehead atoms. The van der Waals surface area contributed by atoms with Gasteiger partial charge in [-0.1, -0.05) is 30.3 Å². The van der Waals surface area contributed by atoms with Crippen LogP contribution in [-0.2, 0) is 11.2 Å². The number of carbonyl (C=O) groups excluding carboxylic acids is 2. The smallest absolute Gasteiger partial charge is 0.326 e. The minimum Gasteiger partial charge on any atom is -0.506 e. The number of aromatic nitrogens is 2. The van der Waals surface area contributed by atoms with E-state index in [1.54, 1.807) is 21.6 Å². The molecular formula is C34H43Br2N7O4. The predicted octanol–water partition coefficient (Wildman–Crippen LogP) is 4.27. The number of benzene rings is 2. The molecule has 3 saturated heterocycles. The van der Waals surface area contributed by atoms with Crippen molar-refractivity contribution >= 4 is 43.8 Å². The first-order valence-electron chi connectivity index (χ1n) is 16.5. The van der Waals surface area contributed by atoms with Gasteiger partial charge in [0.15, 0.2) is 0 Å². The van der Waals surface area contributed by atoms with E-state index in [-0.39, 0.29) is 35.8 Å². The average Bonchev–Trinajstić information content (AvgIpc) is 3.48. The lowest BCUT2D eigenvalue weighted by Crippen LogP contribution is -2.57. The van der Waals surface area contributed by atoms with E-state index >= 15 is 0 Å². The van der Waals surface area contributed by atoms with Crippen LogP contribution in [0.4, 0.5) is 4.79 Å². The summed E-state index contributed by atoms with van der Waals surface area (Å²) in [7, 11) is 2.16. The Bertz CT molecular complexity index is 1580. The molecule has 1 atom stereocenters. The topological polar surface area (TPSA) is 117 Å². The number of hydrogen-bond donors (Lipinski definition) is 3. The Labute approximate surface area is 292 Å². The van der Waals surface area contributed by atoms with Gasteiger partial charge < -0.3 is 30.1 Å². The Morgan fingerprint density at radius 3 is 2.13 bits per heavy atom. The second kappa shape index (κ2) is 15.0. The number of aromatic hydroxyl groups is 1. The summed E-state index contributed by atoms with van der Waals surface area (Å²) in [6.07, 6.45) is 5.27. The predicted molar refractivity (Wildman–Crippen MR) is 189 cm³/mol. The highest BCUT2D eigenvalue weighted by atomic mass is 79.9. The first-order chi connectivity index (χ1) is 22.7. The number of imidazole rings is 1. The Morgan fingerprint density at radius 2 is 1.49 bits per heavy atom. The molecule has 13 heteroatoms. The van der Waals surface area contributed by atoms with Crippen molar-refractivity contribution in [1.82, 2.24) is 34.5 Å². The van der Waals surface area contributed by atoms with Crippen LogP contribution >= 0.6 is 31.9 Å². The lowest BCUT2D eigenvalue weighted by Gasteiger charge is -2.42. The summed E-state index contributed by atoms with van der Waals surface area (Å²) in [5.41, 5.74) is 2.39. The zero-order valence-electron chi connectivity index (χ0n) is 26.7. The van der Waals surface area contributed by atoms with Crippen molar-refractivity contribution < 1.29 is 14.7 Å². The highest BCUT2D eigenvalue weighted by Crippen LogP contribution is 2.34. The molecule has 4 heterocycles. The summed E-state index contributed by atoms with van der Waals surface area (Å²) in [4.78, 5) is 52.0. The number of urea groups is 1. The first kappa shape index (κ1) is 33.8. The van der Waals surface area contributed by atoms with Crippen molar-refractivity contribution in [3.8, 4) is 17.0 Å². The summed E-state index contributed by atoms with van der Waals surface area (Å²) < 4.78 is 2.78. The molecule has 11 nitrogen and oxygen atoms in total. The van der Waals surface area contributed by atoms with Crippen LogP contribution in [0.5, 0.6) is 5.75 Å². The third kappa shape index (κ3) is 7.96. The molecule has 0 radical (unpaired) electrons. The van der Waals surface area contributed by atoms with Gasteiger partial charge in [0.25, 0.3) is 0 Å². The van der Waals surface area contributed by atoms with Gasteiger partial charge in [0.05, 0.1) is 14.6 Å². The third-order valence-electron chi connectivity index (χ3n) is 9.92. The Morgan fingerprint density at radius 1 is 0.894 bits per heavy atom. The number of nitrogens with zero attached hydrogens (tertiary/aromatic N) is 5. The maximum absolute atomic E-state index is 14.0. The number of piperidine rings is 2. The van der Waals surface area contributed by atoms with Crippen molar-refractivity contribution in [3.63, 3.8) is 0 Å². The van der Waals surface area contributed by atoms with E-state index < -0.39 is 6.04 Å². The van der Waals surface area contributed by atoms with E-state index in [0.717, 1.165) is 55.8 Å². The number of piperazine rings is 1. The number of likely N-dealkylation sites (N-methyl/N-ethyl adjacent to an activating group) is 1. The number of phenols is 1. The maximum atomic E-state index is 14.0. The van der Waals surface area contributed by atoms with Gasteiger partial charge in [0.2, 0.25) is 5.91 Å². The molecule has 0 spiro atoms. The standard InChI is InChI=1S/C34H43Br2N7O4/c1-39-15-17-40(18-16-39)25-7-11-41(12-8-25)32(45)29(21-23-19-27(35)31(44)28(36)20-23)37-33(46)42-13-9-26(10-14-42)43-22-30(38-34(43)47)24-5-3-2-4-6-24/h2-6,19-20,22,25-26,29,44H,7-18,21H2,1H3,(H,37,46)(H,38,47)/t29-/m0/s1. The Balaban J connectivity index is 1.10. The fourth-order valence-corrected chi connectivity index (χ4v) is 8.34. The molecule has 3 aliphatic rings. The van der Waals surface area contributed by atoms with Crippen LogP contribution in [-0.4, -0.2) is 118 Å². The summed E-state index contributed by atoms with van der Waals surface area (Å²) in [5, 5.41) is 13.3. The van der Waals surface area contributed by atoms with E-state index in [0.29, 0.717) is 54.0 Å². The molecule has 2 aromatic carbocycles. The van der Waals surface area contributed by atoms with Gasteiger partial charge in [-0.15, -0.1) is 0 Å². The number of amides is 3. The van der Waals surface area contributed by atoms with Crippen LogP contribution < -0.4 is 11.0 Å². The van der Waals surface area contributed by atoms with Crippen LogP contribution in [0, 0.1) is 0 Å². The lowest BCUT2D eigenvalue weighted by atomic mass is 9.99. The number of carbonyl (C=O) groups is 2. The summed E-state index contributed by atoms with van der Waals surface area (Å²) in [5.74, 6) is 0.00429. The summed E-state index contributed by atoms with van der Waals surface area (Å²) in [6.45, 7) is 6.52. The van der Waals surface area contributed by atoms with E-state index in [9.17, 15) is 19.5 Å². The number of nitrogens with one attached hydrogen (secondary N) is 2. The second-order valence-electron chi connectivity index (χ2n) is 13.0. The van der Waals surface area contributed by atoms with Gasteiger partial charge in [-0.3, -0.25) is 14.3 Å². The largest absolute Gasteiger partial charge is 0.506 e. The summed E-state index contributed by atoms with van der Waals surface area (Å²) >= 11 is 6.80. The van der Waals surface area contributed by atoms with Crippen molar-refractivity contribution in [1.29, 1.82) is 0 Å². The Hall–Kier alpha value is -3.13. The average molecular weight is 774 g/mol. The second-order valence-corrected chi connectivity index (χ2v) is 14.7. The van der Waals surface area contributed by atoms with Gasteiger partial charge in [-0.05, 0) is 87.9 Å². The minimum absolute atomic E-state index is 0.0222. The van der Waals surface area contributed by atoms with Crippen molar-refractivity contribution in [3.05, 3.63) is 73.7 Å². The van der Waals surface area contributed by atoms with Crippen LogP contribution in [0.25, 0.3) is 11.3 Å². The zero-order chi connectivity index (χ0) is 33.1. The maximum Gasteiger partial charge on any atom is 0.326 e. The van der Waals surface area contributed by atoms with Crippen LogP contribution in [0.1, 0.15) is 37.3 Å². The summed E-state index contributed by atoms with van der Waals surface area (Å²) in [6, 6.07) is 12.7. The molecule has 3 aliphatic heterocycles. The number of likely N-dealkylation sites (tertiary alicyclic amines) is 2. The molecule has 6 rings (SSSR count). The fraction of sp³-hybridized carbons (Fsp3) is 0.500. The van der Waals surface area contributed by atoms with Crippen molar-refractivity contribution in [2.24, 2.45) is 0 Å². The van der Waals surface area contributed by atoms with Gasteiger partial charge in [-0.25, -0.2) is 9.59 Å². The Kier molecular flexibility index (Phi) is 10.7. The molecular weight excluding hydrogens is 730 g/mol. The van der Waals surface area contributed by atoms with Crippen LogP contribution in [0.15, 0.2) is 62.4 Å². The number of rotatable bonds is 7. The highest BCUT2D eigenvalue weighted by molar-refractivity contribution is 9.11. The molecule has 3 aromatic rings. The molecule has 3 N–H and O–H groups in total. The fourth-order valence-electron chi connectivity index (χ4n) is 7.06. The normalized spacial score (nSPS) is 19.6. The SMILES string of the molecule is CN1CCN(C2CCN(C(=O)[C@H](Cc3cc(Br)c(O)c(Br)c3)NC(=O)N3CCC(n4cc(-c5ccccc5)[nH]c4=O)CC3)CC2)CC1. The van der Waals surface area contributed by atoms with E-state index in [2.05, 4.69) is 59.0 Å². The van der Waals surface area contributed by atoms with Crippen molar-refractivity contribution in [2.75, 3.05) is 59.4 Å². The van der Waals surface area contributed by atoms with Gasteiger partial charge >= 0.3 is 11.7 Å². The van der Waals surface area contributed by atoms with Gasteiger partial charge in [0.1, 0.15) is 11.8 Å². The highest BCUT2D eigenvalue weighted by Gasteiger charge is 2.34. The third-order valence-corrected chi connectivity index (χ3v) is 11.1. The molecule has 3 amide bonds. The van der Waals surface area contributed by atoms with Gasteiger partial charge in [0, 0.05) is 77.1 Å². The number of halogens is 2. The van der Waals surface area contributed by atoms with E-state index in [1.165, 1.54) is 0 Å². The van der Waals surface area contributed by atoms with Crippen LogP contribution in [0.3, 0.4) is 0 Å². The quantitative estimate of drug-likeness (QED) is 0.331. The number of H-pyrrole nitrogens is 1. The molecule has 3 fully saturated rings. The number of aromatic amines is 1. The minimum atomic E-state index is -0.760. The molecule has 1 aromatic heterocycles. The molecule has 0 aliphatic carbocycles. The van der Waals surface area contributed by atoms with Crippen molar-refractivity contribution in [2.45, 2.75) is 50.2 Å². The van der Waals surface area contributed by atoms with E-state index in [4.69, 9.17) is 0 Å². The van der Waals surface area contributed by atoms with E-state index in [1.807, 2.05) is 41.4 Å². The molecule has 0 unspecified atom stereocenters. The van der Waals surface area contributed by atoms with Crippen LogP contribution in [0.2, 0.25) is 0 Å². The number of hydrogen-bond acceptors (Lipinski definition) is 6. The number of phenolic OH excluding ortho intramolecular Hbond substituents is 1. The van der Waals surface area contributed by atoms with Gasteiger partial charge in [-0.2, -0.15) is 0 Å². The first-order valence-corrected chi connectivity index (χ1v) is 18.0.